The van der Waals surface area contributed by atoms with Crippen LogP contribution in [0.3, 0.4) is 0 Å². The van der Waals surface area contributed by atoms with E-state index >= 15 is 0 Å². The normalized spacial score (nSPS) is 23.9. The van der Waals surface area contributed by atoms with E-state index in [-0.39, 0.29) is 18.2 Å². The highest BCUT2D eigenvalue weighted by Crippen LogP contribution is 2.16. The van der Waals surface area contributed by atoms with Gasteiger partial charge in [0.05, 0.1) is 22.8 Å². The smallest absolute Gasteiger partial charge is 0.317 e. The van der Waals surface area contributed by atoms with Crippen LogP contribution < -0.4 is 5.32 Å². The van der Waals surface area contributed by atoms with E-state index in [4.69, 9.17) is 4.74 Å². The van der Waals surface area contributed by atoms with Gasteiger partial charge in [-0.2, -0.15) is 0 Å². The Morgan fingerprint density at radius 2 is 2.26 bits per heavy atom. The molecule has 1 aromatic rings. The third-order valence-electron chi connectivity index (χ3n) is 4.59. The molecule has 3 rings (SSSR count). The number of ether oxygens (including phenoxy) is 1. The number of hydrogen-bond donors (Lipinski definition) is 1. The first-order valence-electron chi connectivity index (χ1n) is 8.42. The quantitative estimate of drug-likeness (QED) is 0.910. The summed E-state index contributed by atoms with van der Waals surface area (Å²) >= 11 is 1.69. The van der Waals surface area contributed by atoms with Crippen LogP contribution in [0.2, 0.25) is 0 Å². The molecule has 2 fully saturated rings. The topological polar surface area (TPSA) is 57.7 Å². The summed E-state index contributed by atoms with van der Waals surface area (Å²) in [6.07, 6.45) is 2.32. The van der Waals surface area contributed by atoms with Crippen molar-refractivity contribution in [1.29, 1.82) is 0 Å². The molecule has 1 aromatic heterocycles. The zero-order chi connectivity index (χ0) is 16.2. The fourth-order valence-corrected chi connectivity index (χ4v) is 3.80. The lowest BCUT2D eigenvalue weighted by Gasteiger charge is -2.35. The maximum atomic E-state index is 12.4. The molecule has 0 bridgehead atoms. The average Bonchev–Trinajstić information content (AvgIpc) is 3.20. The molecule has 0 aromatic carbocycles. The number of urea groups is 1. The fourth-order valence-electron chi connectivity index (χ4n) is 3.19. The van der Waals surface area contributed by atoms with Gasteiger partial charge in [0.15, 0.2) is 0 Å². The van der Waals surface area contributed by atoms with E-state index < -0.39 is 0 Å². The molecular weight excluding hydrogens is 312 g/mol. The average molecular weight is 338 g/mol. The number of amides is 2. The van der Waals surface area contributed by atoms with Crippen molar-refractivity contribution in [1.82, 2.24) is 20.1 Å². The molecule has 1 N–H and O–H groups in total. The highest BCUT2D eigenvalue weighted by molar-refractivity contribution is 7.09. The van der Waals surface area contributed by atoms with Gasteiger partial charge in [0.2, 0.25) is 0 Å². The highest BCUT2D eigenvalue weighted by atomic mass is 32.1. The third kappa shape index (κ3) is 4.43. The van der Waals surface area contributed by atoms with E-state index in [0.717, 1.165) is 62.9 Å². The molecule has 6 nitrogen and oxygen atoms in total. The lowest BCUT2D eigenvalue weighted by atomic mass is 10.1. The number of nitrogens with zero attached hydrogens (tertiary/aromatic N) is 3. The van der Waals surface area contributed by atoms with E-state index in [1.54, 1.807) is 11.3 Å². The van der Waals surface area contributed by atoms with E-state index in [9.17, 15) is 4.79 Å². The van der Waals surface area contributed by atoms with Gasteiger partial charge in [0.25, 0.3) is 0 Å². The summed E-state index contributed by atoms with van der Waals surface area (Å²) in [7, 11) is 0. The molecule has 2 atom stereocenters. The van der Waals surface area contributed by atoms with Crippen molar-refractivity contribution in [3.63, 3.8) is 0 Å². The minimum absolute atomic E-state index is 0.0390. The Morgan fingerprint density at radius 1 is 1.48 bits per heavy atom. The Morgan fingerprint density at radius 3 is 2.87 bits per heavy atom. The van der Waals surface area contributed by atoms with Crippen molar-refractivity contribution in [3.8, 4) is 0 Å². The number of aryl methyl sites for hydroxylation is 1. The summed E-state index contributed by atoms with van der Waals surface area (Å²) in [5.41, 5.74) is 1.14. The molecule has 2 amide bonds. The Bertz CT molecular complexity index is 522. The molecule has 2 unspecified atom stereocenters. The van der Waals surface area contributed by atoms with Gasteiger partial charge in [-0.3, -0.25) is 4.90 Å². The Labute approximate surface area is 141 Å². The number of thiazole rings is 1. The van der Waals surface area contributed by atoms with Crippen LogP contribution in [-0.4, -0.2) is 65.7 Å². The number of nitrogens with one attached hydrogen (secondary N) is 1. The van der Waals surface area contributed by atoms with Gasteiger partial charge >= 0.3 is 6.03 Å². The first-order valence-corrected chi connectivity index (χ1v) is 9.30. The molecule has 2 aliphatic heterocycles. The summed E-state index contributed by atoms with van der Waals surface area (Å²) in [6, 6.07) is 0.123. The second-order valence-electron chi connectivity index (χ2n) is 6.41. The number of hydrogen-bond acceptors (Lipinski definition) is 5. The van der Waals surface area contributed by atoms with Crippen LogP contribution in [0.4, 0.5) is 4.79 Å². The number of piperazine rings is 1. The fraction of sp³-hybridized carbons (Fsp3) is 0.750. The van der Waals surface area contributed by atoms with Crippen molar-refractivity contribution >= 4 is 17.4 Å². The van der Waals surface area contributed by atoms with Crippen LogP contribution in [-0.2, 0) is 11.3 Å². The van der Waals surface area contributed by atoms with Crippen LogP contribution in [0, 0.1) is 6.92 Å². The molecule has 7 heteroatoms. The van der Waals surface area contributed by atoms with Crippen molar-refractivity contribution in [2.45, 2.75) is 45.4 Å². The van der Waals surface area contributed by atoms with Gasteiger partial charge in [-0.15, -0.1) is 11.3 Å². The van der Waals surface area contributed by atoms with Gasteiger partial charge in [-0.05, 0) is 26.7 Å². The van der Waals surface area contributed by atoms with Crippen molar-refractivity contribution in [2.75, 3.05) is 32.8 Å². The molecule has 0 aliphatic carbocycles. The molecule has 2 saturated heterocycles. The van der Waals surface area contributed by atoms with Gasteiger partial charge in [0.1, 0.15) is 0 Å². The van der Waals surface area contributed by atoms with Gasteiger partial charge in [-0.25, -0.2) is 9.78 Å². The van der Waals surface area contributed by atoms with Crippen LogP contribution in [0.15, 0.2) is 5.38 Å². The summed E-state index contributed by atoms with van der Waals surface area (Å²) in [6.45, 7) is 9.11. The molecule has 0 radical (unpaired) electrons. The van der Waals surface area contributed by atoms with Crippen LogP contribution in [0.5, 0.6) is 0 Å². The molecular formula is C16H26N4O2S. The minimum atomic E-state index is 0.0390. The molecule has 0 saturated carbocycles. The van der Waals surface area contributed by atoms with Gasteiger partial charge in [-0.1, -0.05) is 0 Å². The summed E-state index contributed by atoms with van der Waals surface area (Å²) in [5, 5.41) is 6.33. The second kappa shape index (κ2) is 7.59. The predicted octanol–water partition coefficient (Wildman–Crippen LogP) is 1.85. The molecule has 0 spiro atoms. The maximum absolute atomic E-state index is 12.4. The molecule has 23 heavy (non-hydrogen) atoms. The van der Waals surface area contributed by atoms with E-state index in [1.807, 2.05) is 18.7 Å². The van der Waals surface area contributed by atoms with Gasteiger partial charge < -0.3 is 15.0 Å². The molecule has 2 aliphatic rings. The third-order valence-corrected chi connectivity index (χ3v) is 5.41. The lowest BCUT2D eigenvalue weighted by Crippen LogP contribution is -2.54. The van der Waals surface area contributed by atoms with Crippen LogP contribution >= 0.6 is 11.3 Å². The summed E-state index contributed by atoms with van der Waals surface area (Å²) in [4.78, 5) is 21.1. The zero-order valence-electron chi connectivity index (χ0n) is 14.0. The predicted molar refractivity (Wildman–Crippen MR) is 90.7 cm³/mol. The minimum Gasteiger partial charge on any atom is -0.376 e. The molecule has 3 heterocycles. The Balaban J connectivity index is 1.41. The lowest BCUT2D eigenvalue weighted by molar-refractivity contribution is 0.0800. The van der Waals surface area contributed by atoms with E-state index in [1.165, 1.54) is 0 Å². The highest BCUT2D eigenvalue weighted by Gasteiger charge is 2.27. The monoisotopic (exact) mass is 338 g/mol. The Kier molecular flexibility index (Phi) is 5.50. The standard InChI is InChI=1S/C16H26N4O2S/c1-12(15-4-3-9-22-15)17-16(21)20-7-5-19(6-8-20)10-14-11-23-13(2)18-14/h11-12,15H,3-10H2,1-2H3,(H,17,21). The Hall–Kier alpha value is -1.18. The number of carbonyl (C=O) groups excluding carboxylic acids is 1. The second-order valence-corrected chi connectivity index (χ2v) is 7.47. The molecule has 128 valence electrons. The zero-order valence-corrected chi connectivity index (χ0v) is 14.8. The van der Waals surface area contributed by atoms with Crippen molar-refractivity contribution < 1.29 is 9.53 Å². The van der Waals surface area contributed by atoms with Crippen LogP contribution in [0.25, 0.3) is 0 Å². The SMILES string of the molecule is Cc1nc(CN2CCN(C(=O)NC(C)C3CCCO3)CC2)cs1. The van der Waals surface area contributed by atoms with Crippen molar-refractivity contribution in [2.24, 2.45) is 0 Å². The van der Waals surface area contributed by atoms with Crippen molar-refractivity contribution in [3.05, 3.63) is 16.1 Å². The number of carbonyl (C=O) groups is 1. The summed E-state index contributed by atoms with van der Waals surface area (Å²) < 4.78 is 5.64. The first-order chi connectivity index (χ1) is 11.1. The maximum Gasteiger partial charge on any atom is 0.317 e. The van der Waals surface area contributed by atoms with Crippen LogP contribution in [0.1, 0.15) is 30.5 Å². The first kappa shape index (κ1) is 16.7. The number of aromatic nitrogens is 1. The summed E-state index contributed by atoms with van der Waals surface area (Å²) in [5.74, 6) is 0. The van der Waals surface area contributed by atoms with Gasteiger partial charge in [0, 0.05) is 44.7 Å². The van der Waals surface area contributed by atoms with E-state index in [0.29, 0.717) is 0 Å². The van der Waals surface area contributed by atoms with E-state index in [2.05, 4.69) is 20.6 Å². The number of rotatable bonds is 4. The largest absolute Gasteiger partial charge is 0.376 e.